The molecule has 1 aliphatic heterocycles. The maximum Gasteiger partial charge on any atom is 0.238 e. The van der Waals surface area contributed by atoms with Gasteiger partial charge in [0.05, 0.1) is 13.7 Å². The van der Waals surface area contributed by atoms with E-state index in [2.05, 4.69) is 9.88 Å². The Kier molecular flexibility index (Phi) is 4.57. The molecule has 23 heavy (non-hydrogen) atoms. The van der Waals surface area contributed by atoms with E-state index in [-0.39, 0.29) is 12.1 Å². The predicted molar refractivity (Wildman–Crippen MR) is 88.0 cm³/mol. The molecule has 1 amide bonds. The lowest BCUT2D eigenvalue weighted by Crippen LogP contribution is -2.32. The fourth-order valence-corrected chi connectivity index (χ4v) is 3.02. The average Bonchev–Trinajstić information content (AvgIpc) is 2.87. The van der Waals surface area contributed by atoms with E-state index in [1.54, 1.807) is 13.3 Å². The molecule has 2 heterocycles. The lowest BCUT2D eigenvalue weighted by molar-refractivity contribution is -0.128. The van der Waals surface area contributed by atoms with Gasteiger partial charge in [0.25, 0.3) is 0 Å². The van der Waals surface area contributed by atoms with Gasteiger partial charge in [0.1, 0.15) is 11.9 Å². The molecule has 0 aliphatic carbocycles. The SMILES string of the molecule is COc1ccc(CCN2C(=O)CN(C)C2c2cccnc2)cc1. The molecule has 0 bridgehead atoms. The molecule has 5 heteroatoms. The highest BCUT2D eigenvalue weighted by atomic mass is 16.5. The van der Waals surface area contributed by atoms with E-state index in [4.69, 9.17) is 4.74 Å². The maximum atomic E-state index is 12.3. The quantitative estimate of drug-likeness (QED) is 0.848. The van der Waals surface area contributed by atoms with Gasteiger partial charge < -0.3 is 9.64 Å². The third-order valence-corrected chi connectivity index (χ3v) is 4.20. The van der Waals surface area contributed by atoms with Crippen LogP contribution in [0.5, 0.6) is 5.75 Å². The molecule has 2 aromatic rings. The number of benzene rings is 1. The predicted octanol–water partition coefficient (Wildman–Crippen LogP) is 2.11. The van der Waals surface area contributed by atoms with Crippen LogP contribution in [0.2, 0.25) is 0 Å². The summed E-state index contributed by atoms with van der Waals surface area (Å²) >= 11 is 0. The van der Waals surface area contributed by atoms with Crippen molar-refractivity contribution >= 4 is 5.91 Å². The molecular weight excluding hydrogens is 290 g/mol. The Labute approximate surface area is 136 Å². The first-order valence-corrected chi connectivity index (χ1v) is 7.71. The number of hydrogen-bond acceptors (Lipinski definition) is 4. The lowest BCUT2D eigenvalue weighted by Gasteiger charge is -2.28. The summed E-state index contributed by atoms with van der Waals surface area (Å²) in [5.74, 6) is 1.01. The van der Waals surface area contributed by atoms with Crippen molar-refractivity contribution in [3.05, 3.63) is 59.9 Å². The molecule has 1 saturated heterocycles. The number of nitrogens with zero attached hydrogens (tertiary/aromatic N) is 3. The van der Waals surface area contributed by atoms with Crippen LogP contribution in [-0.4, -0.2) is 47.9 Å². The highest BCUT2D eigenvalue weighted by Crippen LogP contribution is 2.29. The Morgan fingerprint density at radius 2 is 2.04 bits per heavy atom. The number of rotatable bonds is 5. The van der Waals surface area contributed by atoms with Crippen molar-refractivity contribution < 1.29 is 9.53 Å². The number of carbonyl (C=O) groups is 1. The minimum atomic E-state index is -0.0329. The van der Waals surface area contributed by atoms with Crippen LogP contribution in [0.25, 0.3) is 0 Å². The molecule has 3 rings (SSSR count). The number of methoxy groups -OCH3 is 1. The van der Waals surface area contributed by atoms with Crippen LogP contribution < -0.4 is 4.74 Å². The van der Waals surface area contributed by atoms with E-state index in [0.29, 0.717) is 13.1 Å². The van der Waals surface area contributed by atoms with E-state index in [1.807, 2.05) is 54.5 Å². The van der Waals surface area contributed by atoms with E-state index in [9.17, 15) is 4.79 Å². The number of ether oxygens (including phenoxy) is 1. The lowest BCUT2D eigenvalue weighted by atomic mass is 10.1. The van der Waals surface area contributed by atoms with Gasteiger partial charge in [-0.25, -0.2) is 0 Å². The average molecular weight is 311 g/mol. The fourth-order valence-electron chi connectivity index (χ4n) is 3.02. The van der Waals surface area contributed by atoms with Crippen molar-refractivity contribution in [2.45, 2.75) is 12.6 Å². The van der Waals surface area contributed by atoms with Crippen LogP contribution >= 0.6 is 0 Å². The van der Waals surface area contributed by atoms with Gasteiger partial charge in [-0.05, 0) is 37.2 Å². The van der Waals surface area contributed by atoms with Gasteiger partial charge in [-0.15, -0.1) is 0 Å². The zero-order valence-electron chi connectivity index (χ0n) is 13.5. The van der Waals surface area contributed by atoms with Gasteiger partial charge >= 0.3 is 0 Å². The third-order valence-electron chi connectivity index (χ3n) is 4.20. The van der Waals surface area contributed by atoms with Crippen molar-refractivity contribution in [3.8, 4) is 5.75 Å². The van der Waals surface area contributed by atoms with Crippen molar-refractivity contribution in [3.63, 3.8) is 0 Å². The normalized spacial score (nSPS) is 18.4. The molecule has 1 fully saturated rings. The number of aromatic nitrogens is 1. The second kappa shape index (κ2) is 6.79. The van der Waals surface area contributed by atoms with E-state index < -0.39 is 0 Å². The van der Waals surface area contributed by atoms with E-state index in [1.165, 1.54) is 5.56 Å². The molecule has 1 atom stereocenters. The molecule has 1 aromatic heterocycles. The van der Waals surface area contributed by atoms with Crippen LogP contribution in [-0.2, 0) is 11.2 Å². The molecule has 1 aliphatic rings. The van der Waals surface area contributed by atoms with Crippen LogP contribution in [0.1, 0.15) is 17.3 Å². The number of hydrogen-bond donors (Lipinski definition) is 0. The van der Waals surface area contributed by atoms with Crippen molar-refractivity contribution in [2.24, 2.45) is 0 Å². The summed E-state index contributed by atoms with van der Waals surface area (Å²) in [4.78, 5) is 20.5. The second-order valence-electron chi connectivity index (χ2n) is 5.76. The first-order valence-electron chi connectivity index (χ1n) is 7.71. The van der Waals surface area contributed by atoms with Gasteiger partial charge in [0.2, 0.25) is 5.91 Å². The largest absolute Gasteiger partial charge is 0.497 e. The van der Waals surface area contributed by atoms with Crippen LogP contribution in [0.3, 0.4) is 0 Å². The summed E-state index contributed by atoms with van der Waals surface area (Å²) in [5, 5.41) is 0. The zero-order chi connectivity index (χ0) is 16.2. The first kappa shape index (κ1) is 15.5. The molecule has 120 valence electrons. The van der Waals surface area contributed by atoms with Gasteiger partial charge in [-0.2, -0.15) is 0 Å². The smallest absolute Gasteiger partial charge is 0.238 e. The summed E-state index contributed by atoms with van der Waals surface area (Å²) in [6.45, 7) is 1.14. The molecule has 1 unspecified atom stereocenters. The van der Waals surface area contributed by atoms with Crippen molar-refractivity contribution in [1.29, 1.82) is 0 Å². The summed E-state index contributed by atoms with van der Waals surface area (Å²) in [6, 6.07) is 11.9. The molecule has 5 nitrogen and oxygen atoms in total. The minimum absolute atomic E-state index is 0.0329. The van der Waals surface area contributed by atoms with E-state index in [0.717, 1.165) is 17.7 Å². The van der Waals surface area contributed by atoms with Gasteiger partial charge in [-0.1, -0.05) is 18.2 Å². The van der Waals surface area contributed by atoms with Crippen LogP contribution in [0.15, 0.2) is 48.8 Å². The Morgan fingerprint density at radius 3 is 2.70 bits per heavy atom. The van der Waals surface area contributed by atoms with Gasteiger partial charge in [-0.3, -0.25) is 14.7 Å². The molecule has 0 saturated carbocycles. The zero-order valence-corrected chi connectivity index (χ0v) is 13.5. The highest BCUT2D eigenvalue weighted by molar-refractivity contribution is 5.80. The summed E-state index contributed by atoms with van der Waals surface area (Å²) in [5.41, 5.74) is 2.24. The van der Waals surface area contributed by atoms with Crippen LogP contribution in [0.4, 0.5) is 0 Å². The standard InChI is InChI=1S/C18H21N3O2/c1-20-13-17(22)21(18(20)15-4-3-10-19-12-15)11-9-14-5-7-16(23-2)8-6-14/h3-8,10,12,18H,9,11,13H2,1-2H3. The molecular formula is C18H21N3O2. The van der Waals surface area contributed by atoms with Gasteiger partial charge in [0.15, 0.2) is 0 Å². The third kappa shape index (κ3) is 3.35. The maximum absolute atomic E-state index is 12.3. The molecule has 0 N–H and O–H groups in total. The number of likely N-dealkylation sites (N-methyl/N-ethyl adjacent to an activating group) is 1. The summed E-state index contributed by atoms with van der Waals surface area (Å²) in [6.07, 6.45) is 4.37. The Hall–Kier alpha value is -2.40. The highest BCUT2D eigenvalue weighted by Gasteiger charge is 2.36. The monoisotopic (exact) mass is 311 g/mol. The summed E-state index contributed by atoms with van der Waals surface area (Å²) in [7, 11) is 3.63. The van der Waals surface area contributed by atoms with Crippen LogP contribution in [0, 0.1) is 0 Å². The second-order valence-corrected chi connectivity index (χ2v) is 5.76. The Balaban J connectivity index is 1.72. The molecule has 1 aromatic carbocycles. The minimum Gasteiger partial charge on any atom is -0.497 e. The van der Waals surface area contributed by atoms with Crippen molar-refractivity contribution in [1.82, 2.24) is 14.8 Å². The fraction of sp³-hybridized carbons (Fsp3) is 0.333. The molecule has 0 spiro atoms. The number of pyridine rings is 1. The molecule has 0 radical (unpaired) electrons. The topological polar surface area (TPSA) is 45.7 Å². The van der Waals surface area contributed by atoms with Gasteiger partial charge in [0, 0.05) is 24.5 Å². The first-order chi connectivity index (χ1) is 11.2. The van der Waals surface area contributed by atoms with Crippen molar-refractivity contribution in [2.75, 3.05) is 27.2 Å². The Morgan fingerprint density at radius 1 is 1.26 bits per heavy atom. The Bertz CT molecular complexity index is 658. The summed E-state index contributed by atoms with van der Waals surface area (Å²) < 4.78 is 5.17. The van der Waals surface area contributed by atoms with E-state index >= 15 is 0 Å². The number of amides is 1. The number of carbonyl (C=O) groups excluding carboxylic acids is 1.